The minimum absolute atomic E-state index is 0.138. The maximum absolute atomic E-state index is 13.1. The second-order valence-corrected chi connectivity index (χ2v) is 3.98. The van der Waals surface area contributed by atoms with Crippen molar-refractivity contribution in [1.29, 1.82) is 0 Å². The van der Waals surface area contributed by atoms with E-state index in [9.17, 15) is 9.18 Å². The first-order valence-corrected chi connectivity index (χ1v) is 5.31. The number of rotatable bonds is 2. The molecule has 0 aliphatic heterocycles. The second-order valence-electron chi connectivity index (χ2n) is 3.98. The smallest absolute Gasteiger partial charge is 0.194 e. The fraction of sp³-hybridized carbons (Fsp3) is 0.143. The molecule has 0 spiro atoms. The fourth-order valence-corrected chi connectivity index (χ4v) is 1.55. The van der Waals surface area contributed by atoms with E-state index in [1.807, 2.05) is 6.92 Å². The van der Waals surface area contributed by atoms with Gasteiger partial charge < -0.3 is 0 Å². The van der Waals surface area contributed by atoms with E-state index in [-0.39, 0.29) is 11.6 Å². The fourth-order valence-electron chi connectivity index (χ4n) is 1.55. The summed E-state index contributed by atoms with van der Waals surface area (Å²) in [5.41, 5.74) is 2.32. The Balaban J connectivity index is 2.37. The molecule has 0 aliphatic carbocycles. The highest BCUT2D eigenvalue weighted by atomic mass is 19.1. The zero-order valence-electron chi connectivity index (χ0n) is 9.70. The van der Waals surface area contributed by atoms with Crippen LogP contribution in [0.4, 0.5) is 4.39 Å². The SMILES string of the molecule is Cc1ccc(C(=O)c2ccc(F)c(C)c2)cn1. The van der Waals surface area contributed by atoms with Crippen molar-refractivity contribution in [3.8, 4) is 0 Å². The topological polar surface area (TPSA) is 30.0 Å². The van der Waals surface area contributed by atoms with Crippen LogP contribution in [-0.4, -0.2) is 10.8 Å². The van der Waals surface area contributed by atoms with E-state index in [1.165, 1.54) is 18.3 Å². The van der Waals surface area contributed by atoms with Crippen LogP contribution in [0, 0.1) is 19.7 Å². The molecule has 86 valence electrons. The van der Waals surface area contributed by atoms with Gasteiger partial charge in [-0.2, -0.15) is 0 Å². The van der Waals surface area contributed by atoms with Gasteiger partial charge in [-0.25, -0.2) is 4.39 Å². The van der Waals surface area contributed by atoms with Crippen LogP contribution in [0.15, 0.2) is 36.5 Å². The number of aryl methyl sites for hydroxylation is 2. The molecule has 0 N–H and O–H groups in total. The molecule has 17 heavy (non-hydrogen) atoms. The summed E-state index contributed by atoms with van der Waals surface area (Å²) in [6.45, 7) is 3.50. The van der Waals surface area contributed by atoms with Crippen LogP contribution in [-0.2, 0) is 0 Å². The Morgan fingerprint density at radius 1 is 1.12 bits per heavy atom. The minimum atomic E-state index is -0.302. The van der Waals surface area contributed by atoms with Crippen LogP contribution < -0.4 is 0 Å². The Morgan fingerprint density at radius 2 is 1.82 bits per heavy atom. The van der Waals surface area contributed by atoms with Crippen molar-refractivity contribution in [2.75, 3.05) is 0 Å². The molecule has 1 aromatic carbocycles. The van der Waals surface area contributed by atoms with Crippen LogP contribution >= 0.6 is 0 Å². The van der Waals surface area contributed by atoms with Crippen LogP contribution in [0.25, 0.3) is 0 Å². The Morgan fingerprint density at radius 3 is 2.41 bits per heavy atom. The number of halogens is 1. The third-order valence-corrected chi connectivity index (χ3v) is 2.59. The van der Waals surface area contributed by atoms with Crippen molar-refractivity contribution < 1.29 is 9.18 Å². The van der Waals surface area contributed by atoms with Crippen LogP contribution in [0.3, 0.4) is 0 Å². The number of carbonyl (C=O) groups is 1. The first kappa shape index (κ1) is 11.5. The highest BCUT2D eigenvalue weighted by Crippen LogP contribution is 2.13. The zero-order chi connectivity index (χ0) is 12.4. The third-order valence-electron chi connectivity index (χ3n) is 2.59. The number of hydrogen-bond acceptors (Lipinski definition) is 2. The number of hydrogen-bond donors (Lipinski definition) is 0. The average molecular weight is 229 g/mol. The minimum Gasteiger partial charge on any atom is -0.289 e. The molecule has 1 heterocycles. The van der Waals surface area contributed by atoms with E-state index in [0.717, 1.165) is 5.69 Å². The number of ketones is 1. The molecule has 1 aromatic heterocycles. The second kappa shape index (κ2) is 4.45. The van der Waals surface area contributed by atoms with E-state index < -0.39 is 0 Å². The van der Waals surface area contributed by atoms with Crippen molar-refractivity contribution in [2.45, 2.75) is 13.8 Å². The molecule has 0 fully saturated rings. The molecule has 2 aromatic rings. The Hall–Kier alpha value is -2.03. The van der Waals surface area contributed by atoms with Gasteiger partial charge in [0.15, 0.2) is 5.78 Å². The van der Waals surface area contributed by atoms with E-state index in [1.54, 1.807) is 25.1 Å². The van der Waals surface area contributed by atoms with Crippen molar-refractivity contribution in [3.63, 3.8) is 0 Å². The van der Waals surface area contributed by atoms with Crippen molar-refractivity contribution in [2.24, 2.45) is 0 Å². The Bertz CT molecular complexity index is 561. The maximum atomic E-state index is 13.1. The average Bonchev–Trinajstić information content (AvgIpc) is 2.33. The van der Waals surface area contributed by atoms with Crippen molar-refractivity contribution in [3.05, 3.63) is 64.7 Å². The lowest BCUT2D eigenvalue weighted by atomic mass is 10.0. The summed E-state index contributed by atoms with van der Waals surface area (Å²) in [4.78, 5) is 16.1. The van der Waals surface area contributed by atoms with E-state index in [4.69, 9.17) is 0 Å². The van der Waals surface area contributed by atoms with E-state index in [2.05, 4.69) is 4.98 Å². The molecule has 0 radical (unpaired) electrons. The van der Waals surface area contributed by atoms with Crippen LogP contribution in [0.2, 0.25) is 0 Å². The molecule has 0 bridgehead atoms. The van der Waals surface area contributed by atoms with Gasteiger partial charge in [-0.1, -0.05) is 0 Å². The zero-order valence-corrected chi connectivity index (χ0v) is 9.70. The third kappa shape index (κ3) is 2.38. The van der Waals surface area contributed by atoms with Gasteiger partial charge in [0.25, 0.3) is 0 Å². The molecule has 2 nitrogen and oxygen atoms in total. The Kier molecular flexibility index (Phi) is 3.00. The largest absolute Gasteiger partial charge is 0.289 e. The molecule has 0 saturated heterocycles. The molecule has 2 rings (SSSR count). The lowest BCUT2D eigenvalue weighted by Gasteiger charge is -2.03. The van der Waals surface area contributed by atoms with Gasteiger partial charge in [-0.3, -0.25) is 9.78 Å². The number of pyridine rings is 1. The molecule has 0 saturated carbocycles. The first-order valence-electron chi connectivity index (χ1n) is 5.31. The molecular formula is C14H12FNO. The summed E-state index contributed by atoms with van der Waals surface area (Å²) in [6.07, 6.45) is 1.54. The van der Waals surface area contributed by atoms with Gasteiger partial charge in [0.2, 0.25) is 0 Å². The quantitative estimate of drug-likeness (QED) is 0.741. The summed E-state index contributed by atoms with van der Waals surface area (Å²) in [6, 6.07) is 7.86. The highest BCUT2D eigenvalue weighted by Gasteiger charge is 2.10. The number of carbonyl (C=O) groups excluding carboxylic acids is 1. The maximum Gasteiger partial charge on any atom is 0.194 e. The van der Waals surface area contributed by atoms with Gasteiger partial charge in [0.1, 0.15) is 5.82 Å². The van der Waals surface area contributed by atoms with E-state index >= 15 is 0 Å². The molecule has 0 unspecified atom stereocenters. The van der Waals surface area contributed by atoms with Gasteiger partial charge in [0.05, 0.1) is 0 Å². The monoisotopic (exact) mass is 229 g/mol. The standard InChI is InChI=1S/C14H12FNO/c1-9-7-11(5-6-13(9)15)14(17)12-4-3-10(2)16-8-12/h3-8H,1-2H3. The Labute approximate surface area is 99.1 Å². The first-order chi connectivity index (χ1) is 8.08. The van der Waals surface area contributed by atoms with Crippen molar-refractivity contribution in [1.82, 2.24) is 4.98 Å². The predicted molar refractivity (Wildman–Crippen MR) is 63.5 cm³/mol. The lowest BCUT2D eigenvalue weighted by Crippen LogP contribution is -2.03. The summed E-state index contributed by atoms with van der Waals surface area (Å²) >= 11 is 0. The number of nitrogens with zero attached hydrogens (tertiary/aromatic N) is 1. The van der Waals surface area contributed by atoms with Crippen LogP contribution in [0.5, 0.6) is 0 Å². The summed E-state index contributed by atoms with van der Waals surface area (Å²) < 4.78 is 13.1. The van der Waals surface area contributed by atoms with Gasteiger partial charge in [0, 0.05) is 23.0 Å². The van der Waals surface area contributed by atoms with Crippen molar-refractivity contribution >= 4 is 5.78 Å². The summed E-state index contributed by atoms with van der Waals surface area (Å²) in [7, 11) is 0. The van der Waals surface area contributed by atoms with Crippen LogP contribution in [0.1, 0.15) is 27.2 Å². The lowest BCUT2D eigenvalue weighted by molar-refractivity contribution is 0.103. The number of benzene rings is 1. The molecule has 0 atom stereocenters. The summed E-state index contributed by atoms with van der Waals surface area (Å²) in [5.74, 6) is -0.441. The van der Waals surface area contributed by atoms with Gasteiger partial charge in [-0.05, 0) is 49.7 Å². The molecule has 3 heteroatoms. The predicted octanol–water partition coefficient (Wildman–Crippen LogP) is 3.07. The highest BCUT2D eigenvalue weighted by molar-refractivity contribution is 6.08. The van der Waals surface area contributed by atoms with Gasteiger partial charge in [-0.15, -0.1) is 0 Å². The number of aromatic nitrogens is 1. The molecule has 0 aliphatic rings. The van der Waals surface area contributed by atoms with Gasteiger partial charge >= 0.3 is 0 Å². The molecular weight excluding hydrogens is 217 g/mol. The normalized spacial score (nSPS) is 10.3. The molecule has 0 amide bonds. The van der Waals surface area contributed by atoms with E-state index in [0.29, 0.717) is 16.7 Å². The summed E-state index contributed by atoms with van der Waals surface area (Å²) in [5, 5.41) is 0.